The van der Waals surface area contributed by atoms with Gasteiger partial charge in [0.05, 0.1) is 6.61 Å². The highest BCUT2D eigenvalue weighted by molar-refractivity contribution is 7.98. The second-order valence-electron chi connectivity index (χ2n) is 6.56. The first-order valence-corrected chi connectivity index (χ1v) is 10.8. The summed E-state index contributed by atoms with van der Waals surface area (Å²) in [7, 11) is 0. The summed E-state index contributed by atoms with van der Waals surface area (Å²) in [5, 5.41) is 12.7. The van der Waals surface area contributed by atoms with Crippen molar-refractivity contribution in [1.29, 1.82) is 0 Å². The third kappa shape index (κ3) is 4.80. The molecule has 1 amide bonds. The van der Waals surface area contributed by atoms with Crippen molar-refractivity contribution in [3.8, 4) is 5.88 Å². The number of rotatable bonds is 9. The monoisotopic (exact) mass is 389 g/mol. The Labute approximate surface area is 164 Å². The molecule has 8 heteroatoms. The van der Waals surface area contributed by atoms with Crippen molar-refractivity contribution in [2.45, 2.75) is 56.6 Å². The minimum absolute atomic E-state index is 0.159. The van der Waals surface area contributed by atoms with Crippen LogP contribution in [-0.2, 0) is 6.42 Å². The molecule has 2 aromatic rings. The quantitative estimate of drug-likeness (QED) is 0.524. The number of nitrogens with one attached hydrogen (secondary N) is 1. The van der Waals surface area contributed by atoms with Crippen molar-refractivity contribution in [1.82, 2.24) is 25.1 Å². The Kier molecular flexibility index (Phi) is 7.09. The smallest absolute Gasteiger partial charge is 0.256 e. The summed E-state index contributed by atoms with van der Waals surface area (Å²) in [6.45, 7) is 2.93. The van der Waals surface area contributed by atoms with Gasteiger partial charge in [0.15, 0.2) is 5.16 Å². The van der Waals surface area contributed by atoms with E-state index in [4.69, 9.17) is 4.74 Å². The fourth-order valence-electron chi connectivity index (χ4n) is 3.51. The molecule has 1 N–H and O–H groups in total. The zero-order valence-corrected chi connectivity index (χ0v) is 16.8. The Balaban J connectivity index is 1.55. The van der Waals surface area contributed by atoms with Crippen LogP contribution in [0.4, 0.5) is 0 Å². The van der Waals surface area contributed by atoms with Gasteiger partial charge in [0.1, 0.15) is 11.4 Å². The molecule has 2 heterocycles. The SMILES string of the molecule is CCOc1ncccc1C(=O)NCCCc1nnc(SC)n1C1CCCC1. The van der Waals surface area contributed by atoms with E-state index < -0.39 is 0 Å². The summed E-state index contributed by atoms with van der Waals surface area (Å²) in [6.07, 6.45) is 10.3. The van der Waals surface area contributed by atoms with Gasteiger partial charge in [0.25, 0.3) is 5.91 Å². The lowest BCUT2D eigenvalue weighted by molar-refractivity contribution is 0.0948. The summed E-state index contributed by atoms with van der Waals surface area (Å²) < 4.78 is 7.74. The van der Waals surface area contributed by atoms with E-state index in [0.717, 1.165) is 23.8 Å². The van der Waals surface area contributed by atoms with E-state index in [1.54, 1.807) is 30.1 Å². The number of carbonyl (C=O) groups excluding carboxylic acids is 1. The summed E-state index contributed by atoms with van der Waals surface area (Å²) in [5.74, 6) is 1.24. The molecule has 0 bridgehead atoms. The van der Waals surface area contributed by atoms with Crippen LogP contribution in [0.15, 0.2) is 23.5 Å². The number of amides is 1. The number of ether oxygens (including phenoxy) is 1. The molecule has 0 radical (unpaired) electrons. The van der Waals surface area contributed by atoms with Crippen molar-refractivity contribution in [2.24, 2.45) is 0 Å². The maximum atomic E-state index is 12.4. The van der Waals surface area contributed by atoms with Gasteiger partial charge in [0, 0.05) is 25.2 Å². The number of pyridine rings is 1. The number of aryl methyl sites for hydroxylation is 1. The van der Waals surface area contributed by atoms with E-state index >= 15 is 0 Å². The highest BCUT2D eigenvalue weighted by Gasteiger charge is 2.23. The first-order valence-electron chi connectivity index (χ1n) is 9.58. The highest BCUT2D eigenvalue weighted by atomic mass is 32.2. The standard InChI is InChI=1S/C19H27N5O2S/c1-3-26-18-15(10-6-13-21-18)17(25)20-12-7-11-16-22-23-19(27-2)24(16)14-8-4-5-9-14/h6,10,13-14H,3-5,7-9,11-12H2,1-2H3,(H,20,25). The van der Waals surface area contributed by atoms with Crippen LogP contribution >= 0.6 is 11.8 Å². The lowest BCUT2D eigenvalue weighted by Crippen LogP contribution is -2.26. The molecule has 0 aliphatic heterocycles. The molecule has 7 nitrogen and oxygen atoms in total. The Bertz CT molecular complexity index is 758. The Morgan fingerprint density at radius 3 is 2.93 bits per heavy atom. The molecule has 0 unspecified atom stereocenters. The molecule has 1 aliphatic carbocycles. The Morgan fingerprint density at radius 2 is 2.19 bits per heavy atom. The molecule has 146 valence electrons. The normalized spacial score (nSPS) is 14.4. The Morgan fingerprint density at radius 1 is 1.37 bits per heavy atom. The summed E-state index contributed by atoms with van der Waals surface area (Å²) in [4.78, 5) is 16.5. The van der Waals surface area contributed by atoms with E-state index in [1.807, 2.05) is 13.2 Å². The molecule has 3 rings (SSSR count). The largest absolute Gasteiger partial charge is 0.477 e. The van der Waals surface area contributed by atoms with E-state index in [-0.39, 0.29) is 5.91 Å². The average Bonchev–Trinajstić information content (AvgIpc) is 3.34. The molecule has 1 saturated carbocycles. The number of nitrogens with zero attached hydrogens (tertiary/aromatic N) is 4. The minimum Gasteiger partial charge on any atom is -0.477 e. The maximum Gasteiger partial charge on any atom is 0.256 e. The van der Waals surface area contributed by atoms with E-state index in [2.05, 4.69) is 25.1 Å². The van der Waals surface area contributed by atoms with Gasteiger partial charge in [-0.25, -0.2) is 4.98 Å². The van der Waals surface area contributed by atoms with Crippen LogP contribution in [0.25, 0.3) is 0 Å². The summed E-state index contributed by atoms with van der Waals surface area (Å²) in [5.41, 5.74) is 0.471. The number of aromatic nitrogens is 4. The van der Waals surface area contributed by atoms with Crippen molar-refractivity contribution in [3.05, 3.63) is 29.7 Å². The van der Waals surface area contributed by atoms with Crippen LogP contribution in [0.2, 0.25) is 0 Å². The molecule has 2 aromatic heterocycles. The van der Waals surface area contributed by atoms with Gasteiger partial charge < -0.3 is 14.6 Å². The highest BCUT2D eigenvalue weighted by Crippen LogP contribution is 2.33. The zero-order chi connectivity index (χ0) is 19.1. The fraction of sp³-hybridized carbons (Fsp3) is 0.579. The topological polar surface area (TPSA) is 81.9 Å². The zero-order valence-electron chi connectivity index (χ0n) is 16.0. The Hall–Kier alpha value is -2.09. The summed E-state index contributed by atoms with van der Waals surface area (Å²) in [6, 6.07) is 4.00. The lowest BCUT2D eigenvalue weighted by atomic mass is 10.2. The lowest BCUT2D eigenvalue weighted by Gasteiger charge is -2.16. The van der Waals surface area contributed by atoms with Crippen molar-refractivity contribution >= 4 is 17.7 Å². The minimum atomic E-state index is -0.159. The van der Waals surface area contributed by atoms with Gasteiger partial charge >= 0.3 is 0 Å². The van der Waals surface area contributed by atoms with Crippen LogP contribution in [0.5, 0.6) is 5.88 Å². The molecule has 1 fully saturated rings. The first-order chi connectivity index (χ1) is 13.2. The molecule has 0 atom stereocenters. The maximum absolute atomic E-state index is 12.4. The van der Waals surface area contributed by atoms with Crippen LogP contribution < -0.4 is 10.1 Å². The van der Waals surface area contributed by atoms with Gasteiger partial charge in [-0.2, -0.15) is 0 Å². The molecular formula is C19H27N5O2S. The third-order valence-electron chi connectivity index (χ3n) is 4.77. The second kappa shape index (κ2) is 9.73. The predicted octanol–water partition coefficient (Wildman–Crippen LogP) is 3.27. The first kappa shape index (κ1) is 19.7. The van der Waals surface area contributed by atoms with Gasteiger partial charge in [0.2, 0.25) is 5.88 Å². The average molecular weight is 390 g/mol. The van der Waals surface area contributed by atoms with Crippen LogP contribution in [-0.4, -0.2) is 45.1 Å². The van der Waals surface area contributed by atoms with Crippen LogP contribution in [0, 0.1) is 0 Å². The molecule has 27 heavy (non-hydrogen) atoms. The number of carbonyl (C=O) groups is 1. The van der Waals surface area contributed by atoms with Gasteiger partial charge in [-0.15, -0.1) is 10.2 Å². The van der Waals surface area contributed by atoms with E-state index in [9.17, 15) is 4.79 Å². The van der Waals surface area contributed by atoms with Gasteiger partial charge in [-0.3, -0.25) is 4.79 Å². The van der Waals surface area contributed by atoms with Gasteiger partial charge in [-0.05, 0) is 44.6 Å². The summed E-state index contributed by atoms with van der Waals surface area (Å²) >= 11 is 1.65. The second-order valence-corrected chi connectivity index (χ2v) is 7.33. The third-order valence-corrected chi connectivity index (χ3v) is 5.41. The van der Waals surface area contributed by atoms with Crippen LogP contribution in [0.3, 0.4) is 0 Å². The van der Waals surface area contributed by atoms with Crippen molar-refractivity contribution < 1.29 is 9.53 Å². The predicted molar refractivity (Wildman–Crippen MR) is 105 cm³/mol. The molecule has 1 aliphatic rings. The number of hydrogen-bond donors (Lipinski definition) is 1. The molecule has 0 spiro atoms. The van der Waals surface area contributed by atoms with E-state index in [0.29, 0.717) is 30.6 Å². The van der Waals surface area contributed by atoms with E-state index in [1.165, 1.54) is 25.7 Å². The van der Waals surface area contributed by atoms with Crippen LogP contribution in [0.1, 0.15) is 61.3 Å². The fourth-order valence-corrected chi connectivity index (χ4v) is 4.08. The van der Waals surface area contributed by atoms with Crippen molar-refractivity contribution in [3.63, 3.8) is 0 Å². The number of hydrogen-bond acceptors (Lipinski definition) is 6. The molecular weight excluding hydrogens is 362 g/mol. The van der Waals surface area contributed by atoms with Crippen molar-refractivity contribution in [2.75, 3.05) is 19.4 Å². The molecule has 0 saturated heterocycles. The number of thioether (sulfide) groups is 1. The molecule has 0 aromatic carbocycles. The van der Waals surface area contributed by atoms with Gasteiger partial charge in [-0.1, -0.05) is 24.6 Å².